The summed E-state index contributed by atoms with van der Waals surface area (Å²) in [6.45, 7) is 0.785. The Morgan fingerprint density at radius 3 is 2.45 bits per heavy atom. The molecule has 1 saturated carbocycles. The number of pyridine rings is 1. The van der Waals surface area contributed by atoms with E-state index in [4.69, 9.17) is 0 Å². The number of fused-ring (bicyclic) bond motifs is 1. The van der Waals surface area contributed by atoms with E-state index in [0.29, 0.717) is 23.2 Å². The van der Waals surface area contributed by atoms with Gasteiger partial charge in [0.15, 0.2) is 5.65 Å². The molecule has 3 aromatic rings. The highest BCUT2D eigenvalue weighted by Gasteiger charge is 2.30. The van der Waals surface area contributed by atoms with Crippen LogP contribution in [0, 0.1) is 5.92 Å². The van der Waals surface area contributed by atoms with Crippen LogP contribution in [0.2, 0.25) is 0 Å². The van der Waals surface area contributed by atoms with Crippen molar-refractivity contribution in [2.45, 2.75) is 38.0 Å². The molecule has 154 valence electrons. The molecule has 1 aliphatic rings. The third-order valence-corrected chi connectivity index (χ3v) is 5.22. The molecular formula is C20H22F3N5O. The molecule has 2 heterocycles. The average Bonchev–Trinajstić information content (AvgIpc) is 3.10. The van der Waals surface area contributed by atoms with Crippen LogP contribution in [0.4, 0.5) is 30.6 Å². The highest BCUT2D eigenvalue weighted by atomic mass is 19.4. The van der Waals surface area contributed by atoms with Crippen molar-refractivity contribution >= 4 is 23.1 Å². The summed E-state index contributed by atoms with van der Waals surface area (Å²) in [5, 5.41) is 20.4. The van der Waals surface area contributed by atoms with E-state index in [-0.39, 0.29) is 6.10 Å². The van der Waals surface area contributed by atoms with E-state index in [9.17, 15) is 18.3 Å². The highest BCUT2D eigenvalue weighted by Crippen LogP contribution is 2.30. The summed E-state index contributed by atoms with van der Waals surface area (Å²) < 4.78 is 39.7. The lowest BCUT2D eigenvalue weighted by Gasteiger charge is -2.25. The van der Waals surface area contributed by atoms with Crippen LogP contribution in [0.3, 0.4) is 0 Å². The molecule has 0 radical (unpaired) electrons. The number of hydrogen-bond donors (Lipinski definition) is 3. The molecule has 4 rings (SSSR count). The van der Waals surface area contributed by atoms with Gasteiger partial charge in [-0.3, -0.25) is 0 Å². The van der Waals surface area contributed by atoms with E-state index in [1.165, 1.54) is 12.1 Å². The first-order valence-corrected chi connectivity index (χ1v) is 9.60. The van der Waals surface area contributed by atoms with Gasteiger partial charge in [0.25, 0.3) is 0 Å². The molecule has 0 aliphatic heterocycles. The molecule has 29 heavy (non-hydrogen) atoms. The zero-order valence-corrected chi connectivity index (χ0v) is 15.7. The molecule has 0 spiro atoms. The second-order valence-electron chi connectivity index (χ2n) is 7.37. The Hall–Kier alpha value is -2.81. The van der Waals surface area contributed by atoms with Gasteiger partial charge >= 0.3 is 6.18 Å². The molecule has 1 fully saturated rings. The fraction of sp³-hybridized carbons (Fsp3) is 0.400. The van der Waals surface area contributed by atoms with Crippen molar-refractivity contribution in [3.05, 3.63) is 48.0 Å². The lowest BCUT2D eigenvalue weighted by atomic mass is 9.87. The van der Waals surface area contributed by atoms with Gasteiger partial charge < -0.3 is 15.7 Å². The number of nitrogens with zero attached hydrogens (tertiary/aromatic N) is 3. The predicted molar refractivity (Wildman–Crippen MR) is 104 cm³/mol. The van der Waals surface area contributed by atoms with E-state index >= 15 is 0 Å². The number of aliphatic hydroxyl groups excluding tert-OH is 1. The lowest BCUT2D eigenvalue weighted by molar-refractivity contribution is -0.137. The van der Waals surface area contributed by atoms with Crippen LogP contribution < -0.4 is 10.6 Å². The summed E-state index contributed by atoms with van der Waals surface area (Å²) in [7, 11) is 0. The topological polar surface area (TPSA) is 74.5 Å². The molecule has 0 unspecified atom stereocenters. The van der Waals surface area contributed by atoms with Gasteiger partial charge in [0.2, 0.25) is 5.95 Å². The molecular weight excluding hydrogens is 383 g/mol. The quantitative estimate of drug-likeness (QED) is 0.585. The van der Waals surface area contributed by atoms with Crippen molar-refractivity contribution in [2.24, 2.45) is 5.92 Å². The van der Waals surface area contributed by atoms with Crippen LogP contribution in [0.25, 0.3) is 5.65 Å². The number of benzene rings is 1. The van der Waals surface area contributed by atoms with Crippen molar-refractivity contribution in [3.63, 3.8) is 0 Å². The van der Waals surface area contributed by atoms with Gasteiger partial charge in [-0.2, -0.15) is 22.7 Å². The van der Waals surface area contributed by atoms with Gasteiger partial charge in [-0.15, -0.1) is 5.10 Å². The molecule has 6 nitrogen and oxygen atoms in total. The van der Waals surface area contributed by atoms with Gasteiger partial charge in [-0.1, -0.05) is 6.07 Å². The van der Waals surface area contributed by atoms with Crippen molar-refractivity contribution in [1.82, 2.24) is 14.6 Å². The molecule has 9 heteroatoms. The third kappa shape index (κ3) is 4.61. The van der Waals surface area contributed by atoms with Crippen molar-refractivity contribution < 1.29 is 18.3 Å². The maximum absolute atomic E-state index is 12.7. The number of nitrogens with one attached hydrogen (secondary N) is 2. The Bertz CT molecular complexity index is 962. The number of halogens is 3. The van der Waals surface area contributed by atoms with Crippen molar-refractivity contribution in [2.75, 3.05) is 17.2 Å². The summed E-state index contributed by atoms with van der Waals surface area (Å²) in [6.07, 6.45) is -0.896. The van der Waals surface area contributed by atoms with Crippen LogP contribution in [0.15, 0.2) is 42.5 Å². The van der Waals surface area contributed by atoms with Gasteiger partial charge in [-0.05, 0) is 68.0 Å². The normalized spacial score (nSPS) is 20.0. The number of alkyl halides is 3. The Morgan fingerprint density at radius 1 is 1.03 bits per heavy atom. The second kappa shape index (κ2) is 7.90. The Kier molecular flexibility index (Phi) is 5.31. The van der Waals surface area contributed by atoms with Crippen LogP contribution in [-0.4, -0.2) is 32.4 Å². The molecule has 3 N–H and O–H groups in total. The lowest BCUT2D eigenvalue weighted by Crippen LogP contribution is -2.24. The molecule has 0 atom stereocenters. The van der Waals surface area contributed by atoms with Crippen LogP contribution in [-0.2, 0) is 6.18 Å². The molecule has 0 amide bonds. The molecule has 1 aromatic carbocycles. The monoisotopic (exact) mass is 405 g/mol. The van der Waals surface area contributed by atoms with Crippen LogP contribution >= 0.6 is 0 Å². The number of aromatic nitrogens is 3. The van der Waals surface area contributed by atoms with Crippen LogP contribution in [0.5, 0.6) is 0 Å². The van der Waals surface area contributed by atoms with Crippen molar-refractivity contribution in [1.29, 1.82) is 0 Å². The number of anilines is 3. The highest BCUT2D eigenvalue weighted by molar-refractivity contribution is 5.58. The average molecular weight is 405 g/mol. The second-order valence-corrected chi connectivity index (χ2v) is 7.37. The van der Waals surface area contributed by atoms with Gasteiger partial charge in [0.1, 0.15) is 5.82 Å². The van der Waals surface area contributed by atoms with Gasteiger partial charge in [-0.25, -0.2) is 0 Å². The fourth-order valence-electron chi connectivity index (χ4n) is 3.56. The minimum absolute atomic E-state index is 0.177. The predicted octanol–water partition coefficient (Wildman–Crippen LogP) is 4.45. The number of rotatable bonds is 5. The summed E-state index contributed by atoms with van der Waals surface area (Å²) >= 11 is 0. The number of aliphatic hydroxyl groups is 1. The molecule has 0 bridgehead atoms. The maximum atomic E-state index is 12.7. The Morgan fingerprint density at radius 2 is 1.76 bits per heavy atom. The van der Waals surface area contributed by atoms with Crippen LogP contribution in [0.1, 0.15) is 31.2 Å². The SMILES string of the molecule is O[C@H]1CC[C@H](CNc2cccc3nc(Nc4ccc(C(F)(F)F)cc4)nn23)CC1. The minimum atomic E-state index is -4.36. The first kappa shape index (κ1) is 19.5. The summed E-state index contributed by atoms with van der Waals surface area (Å²) in [5.41, 5.74) is 0.403. The molecule has 1 aliphatic carbocycles. The zero-order chi connectivity index (χ0) is 20.4. The standard InChI is InChI=1S/C20H22F3N5O/c21-20(22,23)14-6-8-15(9-7-14)25-19-26-18-3-1-2-17(28(18)27-19)24-12-13-4-10-16(29)11-5-13/h1-3,6-9,13,16,24,29H,4-5,10-12H2,(H,25,27)/t13-,16-. The summed E-state index contributed by atoms with van der Waals surface area (Å²) in [5.74, 6) is 1.60. The van der Waals surface area contributed by atoms with Gasteiger partial charge in [0.05, 0.1) is 11.7 Å². The van der Waals surface area contributed by atoms with E-state index in [2.05, 4.69) is 20.7 Å². The summed E-state index contributed by atoms with van der Waals surface area (Å²) in [4.78, 5) is 4.39. The summed E-state index contributed by atoms with van der Waals surface area (Å²) in [6, 6.07) is 10.3. The molecule has 0 saturated heterocycles. The third-order valence-electron chi connectivity index (χ3n) is 5.22. The largest absolute Gasteiger partial charge is 0.416 e. The first-order chi connectivity index (χ1) is 13.9. The van der Waals surface area contributed by atoms with Crippen molar-refractivity contribution in [3.8, 4) is 0 Å². The van der Waals surface area contributed by atoms with E-state index in [1.807, 2.05) is 18.2 Å². The van der Waals surface area contributed by atoms with E-state index in [1.54, 1.807) is 4.52 Å². The smallest absolute Gasteiger partial charge is 0.393 e. The van der Waals surface area contributed by atoms with Gasteiger partial charge in [0, 0.05) is 12.2 Å². The Balaban J connectivity index is 1.46. The maximum Gasteiger partial charge on any atom is 0.416 e. The number of hydrogen-bond acceptors (Lipinski definition) is 5. The van der Waals surface area contributed by atoms with E-state index in [0.717, 1.165) is 50.2 Å². The molecule has 2 aromatic heterocycles. The fourth-order valence-corrected chi connectivity index (χ4v) is 3.56. The first-order valence-electron chi connectivity index (χ1n) is 9.60. The van der Waals surface area contributed by atoms with E-state index < -0.39 is 11.7 Å². The Labute approximate surface area is 165 Å². The minimum Gasteiger partial charge on any atom is -0.393 e. The zero-order valence-electron chi connectivity index (χ0n) is 15.7.